The number of hydrogen-bond acceptors (Lipinski definition) is 5. The van der Waals surface area contributed by atoms with E-state index in [-0.39, 0.29) is 37.8 Å². The molecule has 0 aromatic heterocycles. The monoisotopic (exact) mass is 447 g/mol. The highest BCUT2D eigenvalue weighted by molar-refractivity contribution is 6.09. The predicted octanol–water partition coefficient (Wildman–Crippen LogP) is 2.49. The highest BCUT2D eigenvalue weighted by Gasteiger charge is 2.56. The Morgan fingerprint density at radius 1 is 1.31 bits per heavy atom. The van der Waals surface area contributed by atoms with Gasteiger partial charge in [0.25, 0.3) is 5.91 Å². The summed E-state index contributed by atoms with van der Waals surface area (Å²) < 4.78 is 24.5. The van der Waals surface area contributed by atoms with Crippen LogP contribution in [0.15, 0.2) is 12.1 Å². The van der Waals surface area contributed by atoms with Crippen LogP contribution in [0.1, 0.15) is 51.2 Å². The molecule has 2 aliphatic heterocycles. The van der Waals surface area contributed by atoms with Crippen molar-refractivity contribution >= 4 is 17.8 Å². The van der Waals surface area contributed by atoms with Gasteiger partial charge in [0.15, 0.2) is 6.79 Å². The first kappa shape index (κ1) is 22.5. The van der Waals surface area contributed by atoms with Crippen molar-refractivity contribution in [1.82, 2.24) is 15.5 Å². The first-order valence-electron chi connectivity index (χ1n) is 11.0. The van der Waals surface area contributed by atoms with Gasteiger partial charge in [-0.1, -0.05) is 20.8 Å². The molecule has 3 aliphatic rings. The maximum absolute atomic E-state index is 13.9. The number of imide groups is 1. The predicted molar refractivity (Wildman–Crippen MR) is 113 cm³/mol. The lowest BCUT2D eigenvalue weighted by Gasteiger charge is -2.43. The van der Waals surface area contributed by atoms with Gasteiger partial charge in [0.1, 0.15) is 23.7 Å². The lowest BCUT2D eigenvalue weighted by Crippen LogP contribution is -2.54. The Balaban J connectivity index is 1.35. The molecule has 2 fully saturated rings. The van der Waals surface area contributed by atoms with Crippen LogP contribution in [0.25, 0.3) is 0 Å². The molecule has 4 amide bonds. The molecule has 2 atom stereocenters. The summed E-state index contributed by atoms with van der Waals surface area (Å²) in [4.78, 5) is 39.2. The molecule has 1 aromatic rings. The van der Waals surface area contributed by atoms with Gasteiger partial charge in [-0.3, -0.25) is 14.5 Å². The molecule has 2 N–H and O–H groups in total. The van der Waals surface area contributed by atoms with Gasteiger partial charge in [-0.2, -0.15) is 0 Å². The van der Waals surface area contributed by atoms with Gasteiger partial charge in [0.05, 0.1) is 6.61 Å². The molecular formula is C23H30FN3O5. The van der Waals surface area contributed by atoms with Crippen LogP contribution in [-0.4, -0.2) is 48.2 Å². The van der Waals surface area contributed by atoms with Crippen LogP contribution in [-0.2, 0) is 27.4 Å². The smallest absolute Gasteiger partial charge is 0.325 e. The largest absolute Gasteiger partial charge is 0.467 e. The average molecular weight is 448 g/mol. The zero-order valence-corrected chi connectivity index (χ0v) is 18.8. The number of rotatable bonds is 5. The SMILES string of the molecule is CC1CC(C)(C)CC2(C1)NC(=O)N(CC(=O)NCCc1cc(F)cc3c1OCOC3)C2=O. The number of benzene rings is 1. The lowest BCUT2D eigenvalue weighted by atomic mass is 9.64. The average Bonchev–Trinajstić information content (AvgIpc) is 2.89. The normalized spacial score (nSPS) is 26.5. The third kappa shape index (κ3) is 4.44. The summed E-state index contributed by atoms with van der Waals surface area (Å²) in [5.41, 5.74) is 0.261. The molecule has 1 spiro atoms. The van der Waals surface area contributed by atoms with Gasteiger partial charge in [-0.15, -0.1) is 0 Å². The fourth-order valence-corrected chi connectivity index (χ4v) is 5.63. The summed E-state index contributed by atoms with van der Waals surface area (Å²) in [6.07, 6.45) is 2.47. The number of urea groups is 1. The van der Waals surface area contributed by atoms with Gasteiger partial charge in [-0.25, -0.2) is 9.18 Å². The van der Waals surface area contributed by atoms with Crippen LogP contribution in [0, 0.1) is 17.2 Å². The van der Waals surface area contributed by atoms with Gasteiger partial charge in [0, 0.05) is 12.1 Å². The number of nitrogens with one attached hydrogen (secondary N) is 2. The summed E-state index contributed by atoms with van der Waals surface area (Å²) in [6.45, 7) is 6.53. The minimum Gasteiger partial charge on any atom is -0.467 e. The number of fused-ring (bicyclic) bond motifs is 1. The van der Waals surface area contributed by atoms with E-state index in [0.29, 0.717) is 42.1 Å². The molecule has 0 radical (unpaired) electrons. The van der Waals surface area contributed by atoms with Crippen molar-refractivity contribution in [1.29, 1.82) is 0 Å². The summed E-state index contributed by atoms with van der Waals surface area (Å²) in [5.74, 6) is -0.292. The molecule has 8 nitrogen and oxygen atoms in total. The molecule has 1 aromatic carbocycles. The van der Waals surface area contributed by atoms with E-state index >= 15 is 0 Å². The highest BCUT2D eigenvalue weighted by atomic mass is 19.1. The third-order valence-electron chi connectivity index (χ3n) is 6.39. The summed E-state index contributed by atoms with van der Waals surface area (Å²) in [7, 11) is 0. The fourth-order valence-electron chi connectivity index (χ4n) is 5.63. The van der Waals surface area contributed by atoms with Gasteiger partial charge in [-0.05, 0) is 54.7 Å². The number of ether oxygens (including phenoxy) is 2. The Hall–Kier alpha value is -2.68. The van der Waals surface area contributed by atoms with Crippen molar-refractivity contribution in [3.8, 4) is 5.75 Å². The topological polar surface area (TPSA) is 97.0 Å². The van der Waals surface area contributed by atoms with E-state index in [1.165, 1.54) is 12.1 Å². The van der Waals surface area contributed by atoms with E-state index in [1.807, 2.05) is 0 Å². The van der Waals surface area contributed by atoms with E-state index in [2.05, 4.69) is 31.4 Å². The second-order valence-electron chi connectivity index (χ2n) is 10.0. The lowest BCUT2D eigenvalue weighted by molar-refractivity contribution is -0.137. The molecule has 0 bridgehead atoms. The van der Waals surface area contributed by atoms with Crippen molar-refractivity contribution in [2.24, 2.45) is 11.3 Å². The van der Waals surface area contributed by atoms with Gasteiger partial charge < -0.3 is 20.1 Å². The summed E-state index contributed by atoms with van der Waals surface area (Å²) in [6, 6.07) is 2.23. The zero-order chi connectivity index (χ0) is 23.1. The Bertz CT molecular complexity index is 950. The highest BCUT2D eigenvalue weighted by Crippen LogP contribution is 2.46. The van der Waals surface area contributed by atoms with Gasteiger partial charge in [0.2, 0.25) is 5.91 Å². The Labute approximate surface area is 186 Å². The molecule has 2 unspecified atom stereocenters. The number of amides is 4. The molecular weight excluding hydrogens is 417 g/mol. The number of carbonyl (C=O) groups excluding carboxylic acids is 3. The Morgan fingerprint density at radius 2 is 2.09 bits per heavy atom. The molecule has 2 heterocycles. The quantitative estimate of drug-likeness (QED) is 0.676. The van der Waals surface area contributed by atoms with E-state index < -0.39 is 23.3 Å². The van der Waals surface area contributed by atoms with Crippen LogP contribution in [0.3, 0.4) is 0 Å². The van der Waals surface area contributed by atoms with Crippen LogP contribution >= 0.6 is 0 Å². The third-order valence-corrected chi connectivity index (χ3v) is 6.39. The minimum absolute atomic E-state index is 0.0733. The van der Waals surface area contributed by atoms with E-state index in [9.17, 15) is 18.8 Å². The number of hydrogen-bond donors (Lipinski definition) is 2. The molecule has 9 heteroatoms. The fraction of sp³-hybridized carbons (Fsp3) is 0.609. The molecule has 1 saturated heterocycles. The maximum Gasteiger partial charge on any atom is 0.325 e. The minimum atomic E-state index is -0.932. The standard InChI is InChI=1S/C23H30FN3O5/c1-14-8-22(2,3)12-23(9-14)20(29)27(21(30)26-23)10-18(28)25-5-4-15-6-17(24)7-16-11-31-13-32-19(15)16/h6-7,14H,4-5,8-13H2,1-3H3,(H,25,28)(H,26,30). The van der Waals surface area contributed by atoms with Crippen molar-refractivity contribution in [2.75, 3.05) is 19.9 Å². The molecule has 32 heavy (non-hydrogen) atoms. The van der Waals surface area contributed by atoms with Crippen LogP contribution in [0.4, 0.5) is 9.18 Å². The van der Waals surface area contributed by atoms with Gasteiger partial charge >= 0.3 is 6.03 Å². The summed E-state index contributed by atoms with van der Waals surface area (Å²) in [5, 5.41) is 5.59. The molecule has 1 saturated carbocycles. The Kier molecular flexibility index (Phi) is 5.87. The Morgan fingerprint density at radius 3 is 2.84 bits per heavy atom. The van der Waals surface area contributed by atoms with E-state index in [4.69, 9.17) is 9.47 Å². The molecule has 174 valence electrons. The van der Waals surface area contributed by atoms with Crippen LogP contribution in [0.2, 0.25) is 0 Å². The number of nitrogens with zero attached hydrogens (tertiary/aromatic N) is 1. The number of halogens is 1. The van der Waals surface area contributed by atoms with Crippen LogP contribution in [0.5, 0.6) is 5.75 Å². The van der Waals surface area contributed by atoms with E-state index in [0.717, 1.165) is 11.3 Å². The number of carbonyl (C=O) groups is 3. The maximum atomic E-state index is 13.9. The van der Waals surface area contributed by atoms with Crippen molar-refractivity contribution in [2.45, 2.75) is 58.6 Å². The van der Waals surface area contributed by atoms with Crippen LogP contribution < -0.4 is 15.4 Å². The van der Waals surface area contributed by atoms with E-state index in [1.54, 1.807) is 0 Å². The molecule has 1 aliphatic carbocycles. The second-order valence-corrected chi connectivity index (χ2v) is 10.0. The van der Waals surface area contributed by atoms with Crippen molar-refractivity contribution in [3.05, 3.63) is 29.1 Å². The molecule has 4 rings (SSSR count). The zero-order valence-electron chi connectivity index (χ0n) is 18.8. The van der Waals surface area contributed by atoms with Crippen molar-refractivity contribution in [3.63, 3.8) is 0 Å². The first-order valence-corrected chi connectivity index (χ1v) is 11.0. The first-order chi connectivity index (χ1) is 15.1. The second kappa shape index (κ2) is 8.35. The van der Waals surface area contributed by atoms with Crippen molar-refractivity contribution < 1.29 is 28.2 Å². The summed E-state index contributed by atoms with van der Waals surface area (Å²) >= 11 is 0.